The Hall–Kier alpha value is -2.60. The van der Waals surface area contributed by atoms with Crippen molar-refractivity contribution >= 4 is 11.6 Å². The summed E-state index contributed by atoms with van der Waals surface area (Å²) in [6.07, 6.45) is 3.55. The highest BCUT2D eigenvalue weighted by molar-refractivity contribution is 5.66. The monoisotopic (exact) mass is 424 g/mol. The molecule has 0 radical (unpaired) electrons. The van der Waals surface area contributed by atoms with Crippen molar-refractivity contribution in [1.29, 1.82) is 5.26 Å². The molecule has 2 aromatic rings. The molecule has 1 fully saturated rings. The summed E-state index contributed by atoms with van der Waals surface area (Å²) < 4.78 is 10.9. The van der Waals surface area contributed by atoms with Crippen molar-refractivity contribution in [1.82, 2.24) is 14.8 Å². The first kappa shape index (κ1) is 21.6. The van der Waals surface area contributed by atoms with Crippen LogP contribution >= 0.6 is 0 Å². The maximum Gasteiger partial charge on any atom is 0.146 e. The Morgan fingerprint density at radius 1 is 1.13 bits per heavy atom. The van der Waals surface area contributed by atoms with Crippen LogP contribution in [0.25, 0.3) is 0 Å². The molecule has 31 heavy (non-hydrogen) atoms. The zero-order chi connectivity index (χ0) is 21.5. The number of hydrogen-bond donors (Lipinski definition) is 2. The normalized spacial score (nSPS) is 17.2. The van der Waals surface area contributed by atoms with Gasteiger partial charge in [0.25, 0.3) is 0 Å². The number of nitrogens with zero attached hydrogens (tertiary/aromatic N) is 4. The predicted molar refractivity (Wildman–Crippen MR) is 120 cm³/mol. The van der Waals surface area contributed by atoms with Gasteiger partial charge in [0.15, 0.2) is 0 Å². The Kier molecular flexibility index (Phi) is 7.41. The van der Waals surface area contributed by atoms with Gasteiger partial charge < -0.3 is 19.8 Å². The van der Waals surface area contributed by atoms with E-state index >= 15 is 0 Å². The number of rotatable bonds is 9. The van der Waals surface area contributed by atoms with Crippen LogP contribution in [-0.4, -0.2) is 67.3 Å². The molecular weight excluding hydrogens is 392 g/mol. The molecule has 2 N–H and O–H groups in total. The van der Waals surface area contributed by atoms with Crippen molar-refractivity contribution in [2.24, 2.45) is 0 Å². The second kappa shape index (κ2) is 10.6. The first-order valence-corrected chi connectivity index (χ1v) is 11.3. The molecule has 0 spiro atoms. The Bertz CT molecular complexity index is 886. The first-order chi connectivity index (χ1) is 15.3. The number of morpholine rings is 1. The van der Waals surface area contributed by atoms with Gasteiger partial charge in [0, 0.05) is 38.3 Å². The molecule has 0 saturated carbocycles. The SMILES string of the molecule is CCN1CCc2c(C#N)c(NCCCN3CCOCC3)nc(NCc3ccco3)c2C1. The summed E-state index contributed by atoms with van der Waals surface area (Å²) in [4.78, 5) is 9.67. The highest BCUT2D eigenvalue weighted by Crippen LogP contribution is 2.32. The van der Waals surface area contributed by atoms with Crippen molar-refractivity contribution in [2.75, 3.05) is 63.1 Å². The van der Waals surface area contributed by atoms with E-state index < -0.39 is 0 Å². The van der Waals surface area contributed by atoms with E-state index in [1.807, 2.05) is 12.1 Å². The summed E-state index contributed by atoms with van der Waals surface area (Å²) in [6.45, 7) is 10.9. The van der Waals surface area contributed by atoms with Gasteiger partial charge in [0.2, 0.25) is 0 Å². The van der Waals surface area contributed by atoms with Crippen molar-refractivity contribution in [3.63, 3.8) is 0 Å². The summed E-state index contributed by atoms with van der Waals surface area (Å²) in [6, 6.07) is 6.27. The number of anilines is 2. The molecule has 8 heteroatoms. The standard InChI is InChI=1S/C23H32N6O2/c1-2-28-9-6-19-20(15-24)22(25-7-4-8-29-10-13-30-14-11-29)27-23(21(19)17-28)26-16-18-5-3-12-31-18/h3,5,12H,2,4,6-11,13-14,16-17H2,1H3,(H2,25,26,27). The minimum atomic E-state index is 0.570. The lowest BCUT2D eigenvalue weighted by atomic mass is 9.95. The van der Waals surface area contributed by atoms with Gasteiger partial charge in [-0.1, -0.05) is 6.92 Å². The molecule has 1 saturated heterocycles. The highest BCUT2D eigenvalue weighted by atomic mass is 16.5. The maximum atomic E-state index is 9.93. The van der Waals surface area contributed by atoms with Crippen LogP contribution in [0.2, 0.25) is 0 Å². The molecule has 2 aliphatic rings. The van der Waals surface area contributed by atoms with Crippen LogP contribution in [0.1, 0.15) is 35.8 Å². The number of nitriles is 1. The zero-order valence-corrected chi connectivity index (χ0v) is 18.3. The fraction of sp³-hybridized carbons (Fsp3) is 0.565. The van der Waals surface area contributed by atoms with E-state index in [1.165, 1.54) is 0 Å². The van der Waals surface area contributed by atoms with Crippen LogP contribution in [0, 0.1) is 11.3 Å². The molecule has 2 aromatic heterocycles. The third kappa shape index (κ3) is 5.37. The minimum absolute atomic E-state index is 0.570. The lowest BCUT2D eigenvalue weighted by Crippen LogP contribution is -2.37. The summed E-state index contributed by atoms with van der Waals surface area (Å²) in [5, 5.41) is 16.8. The van der Waals surface area contributed by atoms with E-state index in [9.17, 15) is 5.26 Å². The highest BCUT2D eigenvalue weighted by Gasteiger charge is 2.25. The van der Waals surface area contributed by atoms with Crippen LogP contribution in [0.15, 0.2) is 22.8 Å². The lowest BCUT2D eigenvalue weighted by Gasteiger charge is -2.30. The second-order valence-electron chi connectivity index (χ2n) is 8.04. The van der Waals surface area contributed by atoms with Crippen LogP contribution in [-0.2, 0) is 24.2 Å². The number of fused-ring (bicyclic) bond motifs is 1. The van der Waals surface area contributed by atoms with Crippen LogP contribution in [0.4, 0.5) is 11.6 Å². The Balaban J connectivity index is 1.49. The van der Waals surface area contributed by atoms with Crippen molar-refractivity contribution < 1.29 is 9.15 Å². The average Bonchev–Trinajstić information content (AvgIpc) is 3.34. The van der Waals surface area contributed by atoms with Gasteiger partial charge in [-0.2, -0.15) is 5.26 Å². The first-order valence-electron chi connectivity index (χ1n) is 11.3. The third-order valence-corrected chi connectivity index (χ3v) is 6.09. The Labute approximate surface area is 184 Å². The smallest absolute Gasteiger partial charge is 0.146 e. The quantitative estimate of drug-likeness (QED) is 0.594. The maximum absolute atomic E-state index is 9.93. The van der Waals surface area contributed by atoms with E-state index in [1.54, 1.807) is 6.26 Å². The molecule has 2 aliphatic heterocycles. The largest absolute Gasteiger partial charge is 0.467 e. The molecule has 0 amide bonds. The molecule has 0 bridgehead atoms. The fourth-order valence-corrected chi connectivity index (χ4v) is 4.27. The molecule has 0 aliphatic carbocycles. The number of aromatic nitrogens is 1. The average molecular weight is 425 g/mol. The van der Waals surface area contributed by atoms with Gasteiger partial charge in [-0.3, -0.25) is 9.80 Å². The van der Waals surface area contributed by atoms with Gasteiger partial charge in [0.05, 0.1) is 31.6 Å². The topological polar surface area (TPSA) is 89.6 Å². The van der Waals surface area contributed by atoms with Crippen molar-refractivity contribution in [3.05, 3.63) is 40.8 Å². The summed E-state index contributed by atoms with van der Waals surface area (Å²) >= 11 is 0. The number of nitrogens with one attached hydrogen (secondary N) is 2. The predicted octanol–water partition coefficient (Wildman–Crippen LogP) is 2.67. The van der Waals surface area contributed by atoms with Crippen molar-refractivity contribution in [3.8, 4) is 6.07 Å². The van der Waals surface area contributed by atoms with Gasteiger partial charge in [-0.15, -0.1) is 0 Å². The number of pyridine rings is 1. The Morgan fingerprint density at radius 2 is 2.00 bits per heavy atom. The van der Waals surface area contributed by atoms with Crippen LogP contribution < -0.4 is 10.6 Å². The van der Waals surface area contributed by atoms with Crippen molar-refractivity contribution in [2.45, 2.75) is 32.9 Å². The number of hydrogen-bond acceptors (Lipinski definition) is 8. The number of likely N-dealkylation sites (N-methyl/N-ethyl adjacent to an activating group) is 1. The van der Waals surface area contributed by atoms with Gasteiger partial charge in [0.1, 0.15) is 23.5 Å². The zero-order valence-electron chi connectivity index (χ0n) is 18.3. The third-order valence-electron chi connectivity index (χ3n) is 6.09. The molecule has 166 valence electrons. The molecule has 0 unspecified atom stereocenters. The molecule has 0 aromatic carbocycles. The van der Waals surface area contributed by atoms with E-state index in [-0.39, 0.29) is 0 Å². The number of ether oxygens (including phenoxy) is 1. The van der Waals surface area contributed by atoms with Crippen LogP contribution in [0.3, 0.4) is 0 Å². The molecule has 0 atom stereocenters. The summed E-state index contributed by atoms with van der Waals surface area (Å²) in [7, 11) is 0. The van der Waals surface area contributed by atoms with E-state index in [0.717, 1.165) is 94.6 Å². The second-order valence-corrected chi connectivity index (χ2v) is 8.04. The fourth-order valence-electron chi connectivity index (χ4n) is 4.27. The van der Waals surface area contributed by atoms with Gasteiger partial charge >= 0.3 is 0 Å². The summed E-state index contributed by atoms with van der Waals surface area (Å²) in [5.41, 5.74) is 2.95. The summed E-state index contributed by atoms with van der Waals surface area (Å²) in [5.74, 6) is 2.40. The van der Waals surface area contributed by atoms with Crippen LogP contribution in [0.5, 0.6) is 0 Å². The molecule has 4 rings (SSSR count). The van der Waals surface area contributed by atoms with E-state index in [4.69, 9.17) is 14.1 Å². The minimum Gasteiger partial charge on any atom is -0.467 e. The molecular formula is C23H32N6O2. The van der Waals surface area contributed by atoms with Gasteiger partial charge in [-0.05, 0) is 43.6 Å². The molecule has 8 nitrogen and oxygen atoms in total. The van der Waals surface area contributed by atoms with Gasteiger partial charge in [-0.25, -0.2) is 4.98 Å². The van der Waals surface area contributed by atoms with E-state index in [2.05, 4.69) is 33.4 Å². The molecule has 4 heterocycles. The lowest BCUT2D eigenvalue weighted by molar-refractivity contribution is 0.0378. The Morgan fingerprint density at radius 3 is 2.74 bits per heavy atom. The number of furan rings is 1. The van der Waals surface area contributed by atoms with E-state index in [0.29, 0.717) is 17.9 Å².